The monoisotopic (exact) mass is 217 g/mol. The minimum absolute atomic E-state index is 0.0770. The number of halogens is 3. The van der Waals surface area contributed by atoms with Crippen LogP contribution < -0.4 is 5.73 Å². The van der Waals surface area contributed by atoms with Crippen LogP contribution in [0.5, 0.6) is 0 Å². The molecule has 6 heteroatoms. The lowest BCUT2D eigenvalue weighted by Gasteiger charge is -2.09. The van der Waals surface area contributed by atoms with Crippen LogP contribution >= 0.6 is 0 Å². The van der Waals surface area contributed by atoms with E-state index >= 15 is 0 Å². The first-order chi connectivity index (χ1) is 6.86. The molecule has 1 aromatic carbocycles. The average Bonchev–Trinajstić information content (AvgIpc) is 2.15. The molecular formula is C9H6F3NO2. The highest BCUT2D eigenvalue weighted by Crippen LogP contribution is 2.31. The molecule has 3 nitrogen and oxygen atoms in total. The van der Waals surface area contributed by atoms with Crippen LogP contribution in [-0.4, -0.2) is 12.2 Å². The minimum Gasteiger partial charge on any atom is -0.366 e. The molecule has 0 unspecified atom stereocenters. The van der Waals surface area contributed by atoms with Gasteiger partial charge in [0, 0.05) is 11.1 Å². The van der Waals surface area contributed by atoms with E-state index in [4.69, 9.17) is 5.73 Å². The van der Waals surface area contributed by atoms with Gasteiger partial charge in [0.05, 0.1) is 5.56 Å². The number of carbonyl (C=O) groups excluding carboxylic acids is 2. The molecule has 0 bridgehead atoms. The lowest BCUT2D eigenvalue weighted by Crippen LogP contribution is -2.15. The van der Waals surface area contributed by atoms with E-state index in [0.29, 0.717) is 6.07 Å². The van der Waals surface area contributed by atoms with Gasteiger partial charge in [-0.2, -0.15) is 13.2 Å². The molecule has 80 valence electrons. The molecule has 0 fully saturated rings. The molecule has 15 heavy (non-hydrogen) atoms. The third-order valence-electron chi connectivity index (χ3n) is 1.77. The molecule has 0 aliphatic carbocycles. The molecule has 0 aliphatic heterocycles. The second kappa shape index (κ2) is 3.72. The summed E-state index contributed by atoms with van der Waals surface area (Å²) < 4.78 is 37.1. The Balaban J connectivity index is 3.38. The van der Waals surface area contributed by atoms with Gasteiger partial charge >= 0.3 is 6.18 Å². The second-order valence-corrected chi connectivity index (χ2v) is 2.78. The van der Waals surface area contributed by atoms with Crippen LogP contribution in [0.1, 0.15) is 26.3 Å². The van der Waals surface area contributed by atoms with Crippen molar-refractivity contribution in [1.82, 2.24) is 0 Å². The lowest BCUT2D eigenvalue weighted by atomic mass is 10.0. The number of hydrogen-bond donors (Lipinski definition) is 1. The van der Waals surface area contributed by atoms with Gasteiger partial charge in [-0.25, -0.2) is 0 Å². The Morgan fingerprint density at radius 3 is 2.33 bits per heavy atom. The number of hydrogen-bond acceptors (Lipinski definition) is 2. The van der Waals surface area contributed by atoms with Gasteiger partial charge in [0.1, 0.15) is 0 Å². The van der Waals surface area contributed by atoms with Crippen molar-refractivity contribution in [3.05, 3.63) is 34.9 Å². The van der Waals surface area contributed by atoms with Gasteiger partial charge in [-0.3, -0.25) is 9.59 Å². The quantitative estimate of drug-likeness (QED) is 0.765. The van der Waals surface area contributed by atoms with Crippen LogP contribution in [0.3, 0.4) is 0 Å². The standard InChI is InChI=1S/C9H6F3NO2/c10-9(11,12)7-3-5(8(13)15)1-2-6(7)4-14/h1-4H,(H2,13,15). The van der Waals surface area contributed by atoms with Crippen LogP contribution in [0.2, 0.25) is 0 Å². The van der Waals surface area contributed by atoms with Crippen LogP contribution in [0.4, 0.5) is 13.2 Å². The molecule has 1 rings (SSSR count). The van der Waals surface area contributed by atoms with Gasteiger partial charge in [0.25, 0.3) is 0 Å². The summed E-state index contributed by atoms with van der Waals surface area (Å²) in [6.07, 6.45) is -4.60. The molecule has 0 heterocycles. The summed E-state index contributed by atoms with van der Waals surface area (Å²) in [6.45, 7) is 0. The number of alkyl halides is 3. The first-order valence-corrected chi connectivity index (χ1v) is 3.82. The maximum atomic E-state index is 12.4. The number of benzene rings is 1. The smallest absolute Gasteiger partial charge is 0.366 e. The molecule has 0 spiro atoms. The lowest BCUT2D eigenvalue weighted by molar-refractivity contribution is -0.137. The van der Waals surface area contributed by atoms with Crippen LogP contribution in [0.15, 0.2) is 18.2 Å². The topological polar surface area (TPSA) is 60.2 Å². The predicted molar refractivity (Wildman–Crippen MR) is 45.3 cm³/mol. The highest BCUT2D eigenvalue weighted by Gasteiger charge is 2.33. The third kappa shape index (κ3) is 2.34. The fourth-order valence-corrected chi connectivity index (χ4v) is 1.06. The van der Waals surface area contributed by atoms with E-state index in [1.165, 1.54) is 0 Å². The summed E-state index contributed by atoms with van der Waals surface area (Å²) in [7, 11) is 0. The van der Waals surface area contributed by atoms with E-state index in [-0.39, 0.29) is 11.8 Å². The Kier molecular flexibility index (Phi) is 2.78. The van der Waals surface area contributed by atoms with E-state index in [0.717, 1.165) is 12.1 Å². The summed E-state index contributed by atoms with van der Waals surface area (Å²) in [4.78, 5) is 21.0. The number of aldehydes is 1. The van der Waals surface area contributed by atoms with Gasteiger partial charge in [0.15, 0.2) is 6.29 Å². The average molecular weight is 217 g/mol. The number of amides is 1. The number of rotatable bonds is 2. The fourth-order valence-electron chi connectivity index (χ4n) is 1.06. The van der Waals surface area contributed by atoms with E-state index in [1.54, 1.807) is 0 Å². The summed E-state index contributed by atoms with van der Waals surface area (Å²) in [5.74, 6) is -0.974. The molecule has 0 aromatic heterocycles. The Morgan fingerprint density at radius 1 is 1.33 bits per heavy atom. The van der Waals surface area contributed by atoms with Gasteiger partial charge < -0.3 is 5.73 Å². The molecule has 1 amide bonds. The van der Waals surface area contributed by atoms with Crippen molar-refractivity contribution < 1.29 is 22.8 Å². The van der Waals surface area contributed by atoms with Gasteiger partial charge in [-0.05, 0) is 12.1 Å². The fraction of sp³-hybridized carbons (Fsp3) is 0.111. The number of nitrogens with two attached hydrogens (primary N) is 1. The van der Waals surface area contributed by atoms with Crippen LogP contribution in [-0.2, 0) is 6.18 Å². The van der Waals surface area contributed by atoms with Gasteiger partial charge in [-0.1, -0.05) is 6.07 Å². The number of carbonyl (C=O) groups is 2. The molecular weight excluding hydrogens is 211 g/mol. The molecule has 0 saturated heterocycles. The third-order valence-corrected chi connectivity index (χ3v) is 1.77. The normalized spacial score (nSPS) is 11.1. The zero-order valence-corrected chi connectivity index (χ0v) is 7.34. The molecule has 2 N–H and O–H groups in total. The molecule has 0 saturated carbocycles. The first kappa shape index (κ1) is 11.2. The Morgan fingerprint density at radius 2 is 1.93 bits per heavy atom. The Labute approximate surface area is 82.7 Å². The van der Waals surface area contributed by atoms with E-state index in [9.17, 15) is 22.8 Å². The zero-order chi connectivity index (χ0) is 11.6. The highest BCUT2D eigenvalue weighted by molar-refractivity contribution is 5.94. The molecule has 0 radical (unpaired) electrons. The van der Waals surface area contributed by atoms with Gasteiger partial charge in [-0.15, -0.1) is 0 Å². The van der Waals surface area contributed by atoms with Crippen molar-refractivity contribution in [3.8, 4) is 0 Å². The van der Waals surface area contributed by atoms with E-state index < -0.39 is 23.2 Å². The molecule has 0 aliphatic rings. The maximum absolute atomic E-state index is 12.4. The highest BCUT2D eigenvalue weighted by atomic mass is 19.4. The Hall–Kier alpha value is -1.85. The van der Waals surface area contributed by atoms with Crippen molar-refractivity contribution in [2.75, 3.05) is 0 Å². The van der Waals surface area contributed by atoms with E-state index in [2.05, 4.69) is 0 Å². The minimum atomic E-state index is -4.68. The first-order valence-electron chi connectivity index (χ1n) is 3.82. The van der Waals surface area contributed by atoms with Crippen molar-refractivity contribution in [2.24, 2.45) is 5.73 Å². The largest absolute Gasteiger partial charge is 0.417 e. The predicted octanol–water partition coefficient (Wildman–Crippen LogP) is 1.62. The zero-order valence-electron chi connectivity index (χ0n) is 7.34. The Bertz CT molecular complexity index is 412. The van der Waals surface area contributed by atoms with Crippen LogP contribution in [0, 0.1) is 0 Å². The summed E-state index contributed by atoms with van der Waals surface area (Å²) >= 11 is 0. The summed E-state index contributed by atoms with van der Waals surface area (Å²) in [5.41, 5.74) is 2.86. The van der Waals surface area contributed by atoms with Crippen molar-refractivity contribution in [1.29, 1.82) is 0 Å². The van der Waals surface area contributed by atoms with Crippen molar-refractivity contribution in [3.63, 3.8) is 0 Å². The number of primary amides is 1. The summed E-state index contributed by atoms with van der Waals surface area (Å²) in [6, 6.07) is 2.54. The SMILES string of the molecule is NC(=O)c1ccc(C=O)c(C(F)(F)F)c1. The molecule has 1 aromatic rings. The van der Waals surface area contributed by atoms with Crippen molar-refractivity contribution in [2.45, 2.75) is 6.18 Å². The molecule has 0 atom stereocenters. The summed E-state index contributed by atoms with van der Waals surface area (Å²) in [5, 5.41) is 0. The van der Waals surface area contributed by atoms with Gasteiger partial charge in [0.2, 0.25) is 5.91 Å². The van der Waals surface area contributed by atoms with E-state index in [1.807, 2.05) is 0 Å². The second-order valence-electron chi connectivity index (χ2n) is 2.78. The van der Waals surface area contributed by atoms with Crippen LogP contribution in [0.25, 0.3) is 0 Å². The maximum Gasteiger partial charge on any atom is 0.417 e. The van der Waals surface area contributed by atoms with Crippen molar-refractivity contribution >= 4 is 12.2 Å².